The van der Waals surface area contributed by atoms with Crippen LogP contribution in [0.25, 0.3) is 0 Å². The van der Waals surface area contributed by atoms with E-state index in [-0.39, 0.29) is 35.8 Å². The van der Waals surface area contributed by atoms with Gasteiger partial charge in [-0.3, -0.25) is 29.5 Å². The average molecular weight is 805 g/mol. The average Bonchev–Trinajstić information content (AvgIpc) is 3.51. The van der Waals surface area contributed by atoms with Gasteiger partial charge in [-0.05, 0) is 97.1 Å². The van der Waals surface area contributed by atoms with E-state index in [1.54, 1.807) is 60.7 Å². The second-order valence-corrected chi connectivity index (χ2v) is 15.2. The number of phenolic OH excluding ortho intramolecular Hbond substituents is 1. The first kappa shape index (κ1) is 34.4. The molecule has 0 radical (unpaired) electrons. The molecule has 52 heavy (non-hydrogen) atoms. The highest BCUT2D eigenvalue weighted by Gasteiger charge is 2.70. The summed E-state index contributed by atoms with van der Waals surface area (Å²) in [4.78, 5) is 59.7. The minimum Gasteiger partial charge on any atom is -0.504 e. The number of carbonyl (C=O) groups excluding carboxylic acids is 4. The molecule has 4 amide bonds. The largest absolute Gasteiger partial charge is 0.504 e. The maximum absolute atomic E-state index is 15.3. The van der Waals surface area contributed by atoms with E-state index in [1.165, 1.54) is 36.3 Å². The Balaban J connectivity index is 1.35. The number of fused-ring (bicyclic) bond motifs is 4. The van der Waals surface area contributed by atoms with Gasteiger partial charge in [0.25, 0.3) is 11.8 Å². The maximum Gasteiger partial charge on any atom is 0.260 e. The number of ether oxygens (including phenoxy) is 1. The summed E-state index contributed by atoms with van der Waals surface area (Å²) in [6, 6.07) is 21.6. The second kappa shape index (κ2) is 12.8. The van der Waals surface area contributed by atoms with Gasteiger partial charge in [-0.2, -0.15) is 5.01 Å². The Morgan fingerprint density at radius 3 is 2.19 bits per heavy atom. The third-order valence-corrected chi connectivity index (χ3v) is 11.9. The van der Waals surface area contributed by atoms with Crippen LogP contribution in [0.3, 0.4) is 0 Å². The number of allylic oxidation sites excluding steroid dienone is 2. The number of amides is 4. The number of hydrazine groups is 1. The third-order valence-electron chi connectivity index (χ3n) is 10.9. The van der Waals surface area contributed by atoms with Crippen molar-refractivity contribution < 1.29 is 33.4 Å². The smallest absolute Gasteiger partial charge is 0.260 e. The lowest BCUT2D eigenvalue weighted by atomic mass is 9.49. The van der Waals surface area contributed by atoms with Crippen molar-refractivity contribution in [1.82, 2.24) is 5.01 Å². The van der Waals surface area contributed by atoms with Crippen molar-refractivity contribution in [2.24, 2.45) is 23.7 Å². The van der Waals surface area contributed by atoms with E-state index in [2.05, 4.69) is 21.4 Å². The molecule has 9 nitrogen and oxygen atoms in total. The molecule has 4 aromatic rings. The van der Waals surface area contributed by atoms with Gasteiger partial charge in [0, 0.05) is 26.0 Å². The number of benzene rings is 4. The number of anilines is 2. The van der Waals surface area contributed by atoms with Crippen LogP contribution in [-0.4, -0.2) is 40.9 Å². The number of imide groups is 2. The first-order chi connectivity index (χ1) is 24.9. The first-order valence-electron chi connectivity index (χ1n) is 16.5. The van der Waals surface area contributed by atoms with Crippen LogP contribution >= 0.6 is 39.1 Å². The van der Waals surface area contributed by atoms with Gasteiger partial charge in [0.2, 0.25) is 11.8 Å². The Kier molecular flexibility index (Phi) is 8.43. The summed E-state index contributed by atoms with van der Waals surface area (Å²) < 4.78 is 20.0. The molecule has 2 saturated heterocycles. The van der Waals surface area contributed by atoms with Gasteiger partial charge < -0.3 is 9.84 Å². The van der Waals surface area contributed by atoms with Crippen LogP contribution < -0.4 is 15.1 Å². The maximum atomic E-state index is 15.3. The summed E-state index contributed by atoms with van der Waals surface area (Å²) in [5.41, 5.74) is 3.32. The second-order valence-electron chi connectivity index (χ2n) is 13.4. The van der Waals surface area contributed by atoms with Crippen molar-refractivity contribution in [3.63, 3.8) is 0 Å². The summed E-state index contributed by atoms with van der Waals surface area (Å²) >= 11 is 16.0. The summed E-state index contributed by atoms with van der Waals surface area (Å²) in [5, 5.41) is 13.7. The number of carbonyl (C=O) groups is 4. The van der Waals surface area contributed by atoms with Crippen molar-refractivity contribution in [1.29, 1.82) is 0 Å². The zero-order chi connectivity index (χ0) is 36.6. The lowest BCUT2D eigenvalue weighted by Gasteiger charge is -2.50. The number of rotatable bonds is 6. The van der Waals surface area contributed by atoms with Crippen LogP contribution in [0.4, 0.5) is 15.8 Å². The number of nitrogens with zero attached hydrogens (tertiary/aromatic N) is 2. The van der Waals surface area contributed by atoms with Gasteiger partial charge in [0.05, 0.1) is 41.7 Å². The van der Waals surface area contributed by atoms with Gasteiger partial charge in [-0.1, -0.05) is 62.9 Å². The number of aromatic hydroxyl groups is 1. The fourth-order valence-electron chi connectivity index (χ4n) is 8.81. The standard InChI is InChI=1S/C39H29BrCl2FN3O6/c1-52-31-17-20(40)16-29(34(31)47)33-26-14-15-27-32(37(50)45(35(27)48)25-12-6-22(42)7-13-25)28(26)18-30-36(49)46(44-24-10-8-23(43)9-11-24)38(51)39(30,33)19-2-4-21(41)5-3-19/h2-14,16-17,27-28,30,32-33,44,47H,15,18H2,1H3. The molecule has 0 bridgehead atoms. The van der Waals surface area contributed by atoms with Crippen LogP contribution in [-0.2, 0) is 24.6 Å². The molecule has 3 fully saturated rings. The van der Waals surface area contributed by atoms with Crippen molar-refractivity contribution in [3.05, 3.63) is 128 Å². The van der Waals surface area contributed by atoms with Crippen LogP contribution in [0.1, 0.15) is 29.9 Å². The highest BCUT2D eigenvalue weighted by molar-refractivity contribution is 9.10. The minimum absolute atomic E-state index is 0.0394. The summed E-state index contributed by atoms with van der Waals surface area (Å²) in [6.07, 6.45) is 2.12. The summed E-state index contributed by atoms with van der Waals surface area (Å²) in [6.45, 7) is 0. The van der Waals surface area contributed by atoms with Crippen molar-refractivity contribution in [2.75, 3.05) is 17.4 Å². The number of phenols is 1. The molecule has 0 aromatic heterocycles. The lowest BCUT2D eigenvalue weighted by Crippen LogP contribution is -2.53. The Morgan fingerprint density at radius 1 is 0.885 bits per heavy atom. The molecule has 2 heterocycles. The Bertz CT molecular complexity index is 2200. The molecule has 4 aromatic carbocycles. The predicted molar refractivity (Wildman–Crippen MR) is 195 cm³/mol. The molecule has 1 saturated carbocycles. The number of hydrogen-bond acceptors (Lipinski definition) is 7. The van der Waals surface area contributed by atoms with Gasteiger partial charge in [0.1, 0.15) is 5.82 Å². The quantitative estimate of drug-likeness (QED) is 0.151. The van der Waals surface area contributed by atoms with Crippen molar-refractivity contribution >= 4 is 74.1 Å². The Labute approximate surface area is 316 Å². The third kappa shape index (κ3) is 5.08. The van der Waals surface area contributed by atoms with Crippen LogP contribution in [0, 0.1) is 29.5 Å². The molecule has 8 rings (SSSR count). The molecular weight excluding hydrogens is 776 g/mol. The van der Waals surface area contributed by atoms with Crippen molar-refractivity contribution in [3.8, 4) is 11.5 Å². The predicted octanol–water partition coefficient (Wildman–Crippen LogP) is 7.80. The van der Waals surface area contributed by atoms with Crippen molar-refractivity contribution in [2.45, 2.75) is 24.2 Å². The molecular formula is C39H29BrCl2FN3O6. The minimum atomic E-state index is -1.67. The highest BCUT2D eigenvalue weighted by Crippen LogP contribution is 2.65. The van der Waals surface area contributed by atoms with Crippen LogP contribution in [0.2, 0.25) is 10.0 Å². The molecule has 2 N–H and O–H groups in total. The summed E-state index contributed by atoms with van der Waals surface area (Å²) in [7, 11) is 1.41. The van der Waals surface area contributed by atoms with E-state index in [0.29, 0.717) is 37.0 Å². The number of methoxy groups -OCH3 is 1. The Morgan fingerprint density at radius 2 is 1.54 bits per heavy atom. The van der Waals surface area contributed by atoms with Gasteiger partial charge in [-0.25, -0.2) is 4.39 Å². The SMILES string of the molecule is COc1cc(Br)cc(C2C3=CCC4C(=O)N(c5ccc(Cl)cc5)C(=O)C4C3CC3C(=O)N(Nc4ccc(F)cc4)C(=O)C32c2ccc(Cl)cc2)c1O. The fraction of sp³-hybridized carbons (Fsp3) is 0.231. The highest BCUT2D eigenvalue weighted by atomic mass is 79.9. The number of halogens is 4. The first-order valence-corrected chi connectivity index (χ1v) is 18.1. The summed E-state index contributed by atoms with van der Waals surface area (Å²) in [5.74, 6) is -6.93. The van der Waals surface area contributed by atoms with E-state index in [9.17, 15) is 23.9 Å². The van der Waals surface area contributed by atoms with E-state index in [0.717, 1.165) is 5.01 Å². The number of nitrogens with one attached hydrogen (secondary N) is 1. The Hall–Kier alpha value is -4.71. The lowest BCUT2D eigenvalue weighted by molar-refractivity contribution is -0.138. The fourth-order valence-corrected chi connectivity index (χ4v) is 9.52. The molecule has 2 aliphatic carbocycles. The van der Waals surface area contributed by atoms with E-state index in [4.69, 9.17) is 27.9 Å². The monoisotopic (exact) mass is 803 g/mol. The van der Waals surface area contributed by atoms with Gasteiger partial charge >= 0.3 is 0 Å². The van der Waals surface area contributed by atoms with E-state index in [1.807, 2.05) is 6.08 Å². The zero-order valence-corrected chi connectivity index (χ0v) is 30.5. The molecule has 4 aliphatic rings. The molecule has 13 heteroatoms. The van der Waals surface area contributed by atoms with E-state index < -0.39 is 58.5 Å². The number of hydrogen-bond donors (Lipinski definition) is 2. The molecule has 6 atom stereocenters. The van der Waals surface area contributed by atoms with E-state index >= 15 is 4.79 Å². The van der Waals surface area contributed by atoms with Gasteiger partial charge in [-0.15, -0.1) is 0 Å². The molecule has 264 valence electrons. The van der Waals surface area contributed by atoms with Gasteiger partial charge in [0.15, 0.2) is 11.5 Å². The zero-order valence-electron chi connectivity index (χ0n) is 27.4. The normalized spacial score (nSPS) is 26.6. The molecule has 6 unspecified atom stereocenters. The molecule has 0 spiro atoms. The van der Waals surface area contributed by atoms with Crippen LogP contribution in [0.15, 0.2) is 101 Å². The van der Waals surface area contributed by atoms with Crippen LogP contribution in [0.5, 0.6) is 11.5 Å². The topological polar surface area (TPSA) is 116 Å². The molecule has 2 aliphatic heterocycles.